The lowest BCUT2D eigenvalue weighted by atomic mass is 9.96. The number of nitrogens with zero attached hydrogens (tertiary/aromatic N) is 2. The first kappa shape index (κ1) is 20.3. The lowest BCUT2D eigenvalue weighted by Crippen LogP contribution is -2.39. The highest BCUT2D eigenvalue weighted by atomic mass is 35.5. The number of hydrogen-bond donors (Lipinski definition) is 0. The molecule has 0 bridgehead atoms. The quantitative estimate of drug-likeness (QED) is 0.585. The van der Waals surface area contributed by atoms with Crippen molar-refractivity contribution in [1.82, 2.24) is 4.57 Å². The number of allylic oxidation sites excluding steroid dienone is 1. The van der Waals surface area contributed by atoms with Crippen LogP contribution in [-0.2, 0) is 9.53 Å². The van der Waals surface area contributed by atoms with Crippen molar-refractivity contribution >= 4 is 35.0 Å². The highest BCUT2D eigenvalue weighted by Crippen LogP contribution is 2.31. The predicted octanol–water partition coefficient (Wildman–Crippen LogP) is 3.20. The van der Waals surface area contributed by atoms with Gasteiger partial charge in [0.25, 0.3) is 5.56 Å². The van der Waals surface area contributed by atoms with Crippen molar-refractivity contribution in [2.24, 2.45) is 4.99 Å². The number of thiazole rings is 1. The van der Waals surface area contributed by atoms with Crippen LogP contribution in [0.3, 0.4) is 0 Å². The molecule has 4 rings (SSSR count). The van der Waals surface area contributed by atoms with E-state index in [0.29, 0.717) is 36.8 Å². The Morgan fingerprint density at radius 2 is 1.87 bits per heavy atom. The minimum absolute atomic E-state index is 0.292. The zero-order valence-electron chi connectivity index (χ0n) is 16.1. The third-order valence-electron chi connectivity index (χ3n) is 4.78. The second kappa shape index (κ2) is 8.01. The Morgan fingerprint density at radius 1 is 1.20 bits per heavy atom. The maximum absolute atomic E-state index is 13.3. The number of fused-ring (bicyclic) bond motifs is 1. The summed E-state index contributed by atoms with van der Waals surface area (Å²) < 4.78 is 20.1. The van der Waals surface area contributed by atoms with E-state index in [1.54, 1.807) is 49.4 Å². The van der Waals surface area contributed by atoms with Gasteiger partial charge >= 0.3 is 5.97 Å². The molecule has 1 aliphatic rings. The van der Waals surface area contributed by atoms with Gasteiger partial charge < -0.3 is 4.74 Å². The summed E-state index contributed by atoms with van der Waals surface area (Å²) in [5.74, 6) is -0.904. The van der Waals surface area contributed by atoms with Crippen molar-refractivity contribution in [3.63, 3.8) is 0 Å². The molecule has 152 valence electrons. The lowest BCUT2D eigenvalue weighted by molar-refractivity contribution is -0.136. The number of methoxy groups -OCH3 is 1. The van der Waals surface area contributed by atoms with Crippen LogP contribution in [0.25, 0.3) is 6.08 Å². The van der Waals surface area contributed by atoms with E-state index in [-0.39, 0.29) is 11.4 Å². The van der Waals surface area contributed by atoms with E-state index in [2.05, 4.69) is 4.99 Å². The molecule has 0 spiro atoms. The Hall–Kier alpha value is -3.03. The van der Waals surface area contributed by atoms with E-state index in [1.807, 2.05) is 0 Å². The molecule has 2 heterocycles. The third-order valence-corrected chi connectivity index (χ3v) is 6.02. The number of halogens is 2. The van der Waals surface area contributed by atoms with Crippen LogP contribution in [0.15, 0.2) is 69.6 Å². The maximum atomic E-state index is 13.3. The molecule has 8 heteroatoms. The summed E-state index contributed by atoms with van der Waals surface area (Å²) in [6.07, 6.45) is 1.68. The molecule has 0 N–H and O–H groups in total. The van der Waals surface area contributed by atoms with Crippen molar-refractivity contribution < 1.29 is 13.9 Å². The summed E-state index contributed by atoms with van der Waals surface area (Å²) in [4.78, 5) is 30.8. The molecule has 5 nitrogen and oxygen atoms in total. The van der Waals surface area contributed by atoms with E-state index >= 15 is 0 Å². The average Bonchev–Trinajstić information content (AvgIpc) is 3.03. The molecule has 30 heavy (non-hydrogen) atoms. The third kappa shape index (κ3) is 3.62. The van der Waals surface area contributed by atoms with Crippen LogP contribution in [0.2, 0.25) is 5.02 Å². The molecule has 2 aromatic carbocycles. The van der Waals surface area contributed by atoms with Crippen molar-refractivity contribution in [3.05, 3.63) is 101 Å². The van der Waals surface area contributed by atoms with Gasteiger partial charge in [0, 0.05) is 5.02 Å². The largest absolute Gasteiger partial charge is 0.466 e. The fourth-order valence-electron chi connectivity index (χ4n) is 3.36. The molecule has 0 radical (unpaired) electrons. The van der Waals surface area contributed by atoms with Crippen LogP contribution >= 0.6 is 22.9 Å². The zero-order valence-corrected chi connectivity index (χ0v) is 17.6. The molecule has 0 saturated heterocycles. The van der Waals surface area contributed by atoms with Gasteiger partial charge in [0.05, 0.1) is 29.0 Å². The van der Waals surface area contributed by atoms with Crippen LogP contribution in [0, 0.1) is 5.82 Å². The molecule has 1 aromatic heterocycles. The summed E-state index contributed by atoms with van der Waals surface area (Å²) in [6.45, 7) is 1.71. The standard InChI is InChI=1S/C22H16ClFN2O3S/c1-12-18(21(28)29-2)19(14-5-7-15(23)8-6-14)26-20(27)17(30-22(26)25-12)11-13-3-9-16(24)10-4-13/h3-11,19H,1-2H3/b17-11-/t19-/m1/s1. The van der Waals surface area contributed by atoms with E-state index in [1.165, 1.54) is 35.1 Å². The van der Waals surface area contributed by atoms with E-state index in [0.717, 1.165) is 0 Å². The highest BCUT2D eigenvalue weighted by molar-refractivity contribution is 7.07. The van der Waals surface area contributed by atoms with Gasteiger partial charge in [-0.15, -0.1) is 0 Å². The van der Waals surface area contributed by atoms with E-state index < -0.39 is 12.0 Å². The van der Waals surface area contributed by atoms with Crippen LogP contribution < -0.4 is 14.9 Å². The molecular weight excluding hydrogens is 427 g/mol. The fourth-order valence-corrected chi connectivity index (χ4v) is 4.54. The van der Waals surface area contributed by atoms with Gasteiger partial charge in [-0.25, -0.2) is 14.2 Å². The molecule has 0 amide bonds. The Kier molecular flexibility index (Phi) is 5.40. The van der Waals surface area contributed by atoms with Crippen molar-refractivity contribution in [2.45, 2.75) is 13.0 Å². The molecule has 0 unspecified atom stereocenters. The minimum Gasteiger partial charge on any atom is -0.466 e. The predicted molar refractivity (Wildman–Crippen MR) is 114 cm³/mol. The SMILES string of the molecule is COC(=O)C1=C(C)N=c2s/c(=C\c3ccc(F)cc3)c(=O)n2[C@@H]1c1ccc(Cl)cc1. The molecule has 0 saturated carbocycles. The van der Waals surface area contributed by atoms with Gasteiger partial charge in [0.1, 0.15) is 5.82 Å². The van der Waals surface area contributed by atoms with Crippen LogP contribution in [0.5, 0.6) is 0 Å². The summed E-state index contributed by atoms with van der Waals surface area (Å²) >= 11 is 7.23. The highest BCUT2D eigenvalue weighted by Gasteiger charge is 2.32. The number of hydrogen-bond acceptors (Lipinski definition) is 5. The van der Waals surface area contributed by atoms with Crippen LogP contribution in [-0.4, -0.2) is 17.6 Å². The lowest BCUT2D eigenvalue weighted by Gasteiger charge is -2.24. The monoisotopic (exact) mass is 442 g/mol. The van der Waals surface area contributed by atoms with Gasteiger partial charge in [-0.1, -0.05) is 47.2 Å². The second-order valence-electron chi connectivity index (χ2n) is 6.68. The fraction of sp³-hybridized carbons (Fsp3) is 0.136. The molecular formula is C22H16ClFN2O3S. The van der Waals surface area contributed by atoms with E-state index in [9.17, 15) is 14.0 Å². The summed E-state index contributed by atoms with van der Waals surface area (Å²) in [6, 6.07) is 12.1. The molecule has 0 fully saturated rings. The number of carbonyl (C=O) groups excluding carboxylic acids is 1. The summed E-state index contributed by atoms with van der Waals surface area (Å²) in [7, 11) is 1.29. The zero-order chi connectivity index (χ0) is 21.4. The number of rotatable bonds is 3. The molecule has 3 aromatic rings. The normalized spacial score (nSPS) is 16.3. The topological polar surface area (TPSA) is 60.7 Å². The number of ether oxygens (including phenoxy) is 1. The Labute approximate surface area is 180 Å². The van der Waals surface area contributed by atoms with E-state index in [4.69, 9.17) is 16.3 Å². The van der Waals surface area contributed by atoms with Crippen LogP contribution in [0.4, 0.5) is 4.39 Å². The smallest absolute Gasteiger partial charge is 0.338 e. The molecule has 1 aliphatic heterocycles. The Morgan fingerprint density at radius 3 is 2.50 bits per heavy atom. The first-order valence-corrected chi connectivity index (χ1v) is 10.2. The van der Waals surface area contributed by atoms with Gasteiger partial charge in [-0.05, 0) is 48.4 Å². The number of carbonyl (C=O) groups is 1. The molecule has 1 atom stereocenters. The van der Waals surface area contributed by atoms with Gasteiger partial charge in [-0.2, -0.15) is 0 Å². The average molecular weight is 443 g/mol. The van der Waals surface area contributed by atoms with Crippen LogP contribution in [0.1, 0.15) is 24.1 Å². The van der Waals surface area contributed by atoms with Crippen molar-refractivity contribution in [2.75, 3.05) is 7.11 Å². The second-order valence-corrected chi connectivity index (χ2v) is 8.12. The number of esters is 1. The van der Waals surface area contributed by atoms with Gasteiger partial charge in [-0.3, -0.25) is 9.36 Å². The summed E-state index contributed by atoms with van der Waals surface area (Å²) in [5.41, 5.74) is 1.88. The Bertz CT molecular complexity index is 1340. The van der Waals surface area contributed by atoms with Gasteiger partial charge in [0.15, 0.2) is 4.80 Å². The maximum Gasteiger partial charge on any atom is 0.338 e. The number of aromatic nitrogens is 1. The number of benzene rings is 2. The first-order valence-electron chi connectivity index (χ1n) is 9.01. The minimum atomic E-state index is -0.693. The van der Waals surface area contributed by atoms with Crippen molar-refractivity contribution in [3.8, 4) is 0 Å². The van der Waals surface area contributed by atoms with Gasteiger partial charge in [0.2, 0.25) is 0 Å². The Balaban J connectivity index is 1.96. The van der Waals surface area contributed by atoms with Crippen molar-refractivity contribution in [1.29, 1.82) is 0 Å². The first-order chi connectivity index (χ1) is 14.4. The summed E-state index contributed by atoms with van der Waals surface area (Å²) in [5, 5.41) is 0.544. The molecule has 0 aliphatic carbocycles.